The second-order valence-corrected chi connectivity index (χ2v) is 5.32. The Morgan fingerprint density at radius 3 is 2.68 bits per heavy atom. The molecule has 1 N–H and O–H groups in total. The fraction of sp³-hybridized carbons (Fsp3) is 0.118. The van der Waals surface area contributed by atoms with Gasteiger partial charge in [0.1, 0.15) is 0 Å². The van der Waals surface area contributed by atoms with E-state index in [0.717, 1.165) is 0 Å². The highest BCUT2D eigenvalue weighted by molar-refractivity contribution is 6.02. The van der Waals surface area contributed by atoms with Crippen LogP contribution in [0, 0.1) is 0 Å². The number of methoxy groups -OCH3 is 1. The van der Waals surface area contributed by atoms with E-state index in [1.54, 1.807) is 28.9 Å². The molecular formula is C17H12N2O6. The molecule has 1 aliphatic rings. The zero-order valence-electron chi connectivity index (χ0n) is 13.1. The van der Waals surface area contributed by atoms with Crippen molar-refractivity contribution in [3.8, 4) is 22.8 Å². The molecule has 0 saturated carbocycles. The lowest BCUT2D eigenvalue weighted by atomic mass is 10.0. The van der Waals surface area contributed by atoms with Crippen LogP contribution in [0.4, 0.5) is 0 Å². The van der Waals surface area contributed by atoms with Crippen LogP contribution < -0.4 is 9.47 Å². The Morgan fingerprint density at radius 1 is 1.20 bits per heavy atom. The van der Waals surface area contributed by atoms with Crippen molar-refractivity contribution in [3.05, 3.63) is 47.9 Å². The summed E-state index contributed by atoms with van der Waals surface area (Å²) in [6.45, 7) is 0.0318. The maximum atomic E-state index is 12.1. The first-order chi connectivity index (χ1) is 12.1. The van der Waals surface area contributed by atoms with E-state index in [4.69, 9.17) is 14.2 Å². The molecule has 0 unspecified atom stereocenters. The van der Waals surface area contributed by atoms with Gasteiger partial charge in [-0.1, -0.05) is 0 Å². The molecule has 25 heavy (non-hydrogen) atoms. The van der Waals surface area contributed by atoms with Crippen LogP contribution in [-0.4, -0.2) is 40.3 Å². The molecule has 0 radical (unpaired) electrons. The summed E-state index contributed by atoms with van der Waals surface area (Å²) in [6.07, 6.45) is 4.71. The van der Waals surface area contributed by atoms with Crippen molar-refractivity contribution in [2.45, 2.75) is 0 Å². The number of hydrogen-bond donors (Lipinski definition) is 1. The summed E-state index contributed by atoms with van der Waals surface area (Å²) in [7, 11) is 1.28. The third kappa shape index (κ3) is 2.26. The zero-order valence-corrected chi connectivity index (χ0v) is 13.1. The number of ether oxygens (including phenoxy) is 3. The number of aromatic carboxylic acids is 1. The molecule has 3 heterocycles. The molecule has 3 aromatic rings. The first kappa shape index (κ1) is 15.0. The number of carbonyl (C=O) groups excluding carboxylic acids is 1. The predicted molar refractivity (Wildman–Crippen MR) is 85.0 cm³/mol. The molecule has 8 heteroatoms. The van der Waals surface area contributed by atoms with Gasteiger partial charge in [-0.3, -0.25) is 4.98 Å². The number of carboxylic acid groups (broad SMARTS) is 1. The van der Waals surface area contributed by atoms with Crippen LogP contribution in [0.3, 0.4) is 0 Å². The number of aromatic nitrogens is 2. The molecule has 1 aromatic carbocycles. The number of esters is 1. The topological polar surface area (TPSA) is 99.4 Å². The van der Waals surface area contributed by atoms with Crippen LogP contribution in [0.2, 0.25) is 0 Å². The van der Waals surface area contributed by atoms with Crippen molar-refractivity contribution in [2.75, 3.05) is 13.9 Å². The smallest absolute Gasteiger partial charge is 0.340 e. The van der Waals surface area contributed by atoms with Crippen molar-refractivity contribution < 1.29 is 28.9 Å². The van der Waals surface area contributed by atoms with Crippen molar-refractivity contribution in [3.63, 3.8) is 0 Å². The van der Waals surface area contributed by atoms with Gasteiger partial charge in [-0.25, -0.2) is 9.59 Å². The lowest BCUT2D eigenvalue weighted by Gasteiger charge is -2.08. The maximum Gasteiger partial charge on any atom is 0.340 e. The van der Waals surface area contributed by atoms with E-state index < -0.39 is 11.9 Å². The Kier molecular flexibility index (Phi) is 3.31. The molecule has 8 nitrogen and oxygen atoms in total. The zero-order chi connectivity index (χ0) is 17.6. The number of carboxylic acids is 1. The molecule has 0 amide bonds. The van der Waals surface area contributed by atoms with E-state index in [9.17, 15) is 14.7 Å². The normalized spacial score (nSPS) is 12.4. The average Bonchev–Trinajstić information content (AvgIpc) is 3.23. The first-order valence-electron chi connectivity index (χ1n) is 7.31. The predicted octanol–water partition coefficient (Wildman–Crippen LogP) is 2.21. The standard InChI is InChI=1S/C17H12N2O6/c1-23-17(22)11-4-12(19-3-2-18-7-13(11)19)9-5-14-15(25-8-24-14)6-10(9)16(20)21/h2-7H,8H2,1H3,(H,20,21). The summed E-state index contributed by atoms with van der Waals surface area (Å²) in [5.74, 6) is -0.827. The monoisotopic (exact) mass is 340 g/mol. The molecule has 0 fully saturated rings. The average molecular weight is 340 g/mol. The number of benzene rings is 1. The summed E-state index contributed by atoms with van der Waals surface area (Å²) >= 11 is 0. The summed E-state index contributed by atoms with van der Waals surface area (Å²) < 4.78 is 17.1. The fourth-order valence-corrected chi connectivity index (χ4v) is 2.86. The minimum Gasteiger partial charge on any atom is -0.478 e. The van der Waals surface area contributed by atoms with Crippen LogP contribution in [0.25, 0.3) is 16.8 Å². The highest BCUT2D eigenvalue weighted by Gasteiger charge is 2.25. The number of rotatable bonds is 3. The van der Waals surface area contributed by atoms with Crippen molar-refractivity contribution in [1.82, 2.24) is 9.38 Å². The Hall–Kier alpha value is -3.55. The summed E-state index contributed by atoms with van der Waals surface area (Å²) in [5, 5.41) is 9.58. The van der Waals surface area contributed by atoms with E-state index >= 15 is 0 Å². The van der Waals surface area contributed by atoms with E-state index in [2.05, 4.69) is 4.98 Å². The number of carbonyl (C=O) groups is 2. The molecule has 0 spiro atoms. The number of nitrogens with zero attached hydrogens (tertiary/aromatic N) is 2. The molecular weight excluding hydrogens is 328 g/mol. The van der Waals surface area contributed by atoms with E-state index in [1.807, 2.05) is 0 Å². The minimum absolute atomic E-state index is 0.0318. The van der Waals surface area contributed by atoms with Gasteiger partial charge in [0, 0.05) is 18.0 Å². The molecule has 0 aliphatic carbocycles. The van der Waals surface area contributed by atoms with Crippen LogP contribution in [0.5, 0.6) is 11.5 Å². The lowest BCUT2D eigenvalue weighted by molar-refractivity contribution is 0.0602. The SMILES string of the molecule is COC(=O)c1cc(-c2cc3c(cc2C(=O)O)OCO3)n2ccncc12. The van der Waals surface area contributed by atoms with E-state index in [1.165, 1.54) is 19.4 Å². The first-order valence-corrected chi connectivity index (χ1v) is 7.31. The van der Waals surface area contributed by atoms with Gasteiger partial charge < -0.3 is 23.7 Å². The Labute approximate surface area is 141 Å². The number of hydrogen-bond acceptors (Lipinski definition) is 6. The van der Waals surface area contributed by atoms with Crippen LogP contribution in [0.15, 0.2) is 36.8 Å². The lowest BCUT2D eigenvalue weighted by Crippen LogP contribution is -2.01. The largest absolute Gasteiger partial charge is 0.478 e. The van der Waals surface area contributed by atoms with Gasteiger partial charge in [0.2, 0.25) is 6.79 Å². The van der Waals surface area contributed by atoms with Gasteiger partial charge in [-0.15, -0.1) is 0 Å². The summed E-state index contributed by atoms with van der Waals surface area (Å²) in [4.78, 5) is 27.8. The van der Waals surface area contributed by atoms with E-state index in [-0.39, 0.29) is 12.4 Å². The molecule has 0 saturated heterocycles. The number of fused-ring (bicyclic) bond motifs is 2. The van der Waals surface area contributed by atoms with Gasteiger partial charge in [0.15, 0.2) is 11.5 Å². The molecule has 126 valence electrons. The van der Waals surface area contributed by atoms with Gasteiger partial charge >= 0.3 is 11.9 Å². The summed E-state index contributed by atoms with van der Waals surface area (Å²) in [5.41, 5.74) is 1.75. The third-order valence-electron chi connectivity index (χ3n) is 4.00. The Balaban J connectivity index is 2.02. The van der Waals surface area contributed by atoms with Crippen LogP contribution in [-0.2, 0) is 4.74 Å². The highest BCUT2D eigenvalue weighted by Crippen LogP contribution is 2.39. The second-order valence-electron chi connectivity index (χ2n) is 5.32. The molecule has 0 bridgehead atoms. The van der Waals surface area contributed by atoms with Crippen LogP contribution in [0.1, 0.15) is 20.7 Å². The van der Waals surface area contributed by atoms with Gasteiger partial charge in [-0.05, 0) is 18.2 Å². The van der Waals surface area contributed by atoms with Gasteiger partial charge in [-0.2, -0.15) is 0 Å². The van der Waals surface area contributed by atoms with Gasteiger partial charge in [0.05, 0.1) is 35.6 Å². The Morgan fingerprint density at radius 2 is 1.96 bits per heavy atom. The van der Waals surface area contributed by atoms with Crippen molar-refractivity contribution in [2.24, 2.45) is 0 Å². The maximum absolute atomic E-state index is 12.1. The second kappa shape index (κ2) is 5.52. The highest BCUT2D eigenvalue weighted by atomic mass is 16.7. The van der Waals surface area contributed by atoms with E-state index in [0.29, 0.717) is 33.8 Å². The third-order valence-corrected chi connectivity index (χ3v) is 4.00. The van der Waals surface area contributed by atoms with Gasteiger partial charge in [0.25, 0.3) is 0 Å². The summed E-state index contributed by atoms with van der Waals surface area (Å²) in [6, 6.07) is 4.58. The quantitative estimate of drug-likeness (QED) is 0.730. The molecule has 2 aromatic heterocycles. The molecule has 1 aliphatic heterocycles. The van der Waals surface area contributed by atoms with Crippen molar-refractivity contribution >= 4 is 17.5 Å². The van der Waals surface area contributed by atoms with Crippen molar-refractivity contribution in [1.29, 1.82) is 0 Å². The minimum atomic E-state index is -1.11. The Bertz CT molecular complexity index is 1020. The van der Waals surface area contributed by atoms with Crippen LogP contribution >= 0.6 is 0 Å². The molecule has 0 atom stereocenters. The fourth-order valence-electron chi connectivity index (χ4n) is 2.86. The molecule has 4 rings (SSSR count).